The second kappa shape index (κ2) is 13.9. The fourth-order valence-electron chi connectivity index (χ4n) is 3.35. The quantitative estimate of drug-likeness (QED) is 0.204. The molecule has 38 heavy (non-hydrogen) atoms. The van der Waals surface area contributed by atoms with E-state index in [1.54, 1.807) is 55.5 Å². The van der Waals surface area contributed by atoms with Crippen LogP contribution in [-0.4, -0.2) is 44.7 Å². The molecule has 0 fully saturated rings. The number of ether oxygens (including phenoxy) is 4. The van der Waals surface area contributed by atoms with Crippen molar-refractivity contribution in [1.29, 1.82) is 0 Å². The third kappa shape index (κ3) is 8.02. The van der Waals surface area contributed by atoms with Gasteiger partial charge in [0.05, 0.1) is 35.9 Å². The van der Waals surface area contributed by atoms with Gasteiger partial charge in [0.25, 0.3) is 0 Å². The zero-order valence-corrected chi connectivity index (χ0v) is 22.8. The number of nitrogens with one attached hydrogen (secondary N) is 1. The lowest BCUT2D eigenvalue weighted by atomic mass is 10.0. The maximum absolute atomic E-state index is 13.1. The molecule has 3 rings (SSSR count). The second-order valence-corrected chi connectivity index (χ2v) is 8.99. The van der Waals surface area contributed by atoms with Gasteiger partial charge in [0.15, 0.2) is 11.5 Å². The van der Waals surface area contributed by atoms with Crippen LogP contribution in [0.15, 0.2) is 54.6 Å². The van der Waals surface area contributed by atoms with Crippen LogP contribution >= 0.6 is 34.8 Å². The van der Waals surface area contributed by atoms with Crippen LogP contribution in [0.1, 0.15) is 28.4 Å². The summed E-state index contributed by atoms with van der Waals surface area (Å²) in [6.07, 6.45) is -0.439. The van der Waals surface area contributed by atoms with Crippen molar-refractivity contribution in [2.75, 3.05) is 26.9 Å². The third-order valence-corrected chi connectivity index (χ3v) is 5.88. The molecule has 1 amide bonds. The first-order valence-corrected chi connectivity index (χ1v) is 12.6. The summed E-state index contributed by atoms with van der Waals surface area (Å²) in [7, 11) is 1.46. The highest BCUT2D eigenvalue weighted by molar-refractivity contribution is 6.37. The average molecular weight is 581 g/mol. The molecule has 0 aromatic heterocycles. The van der Waals surface area contributed by atoms with Gasteiger partial charge in [-0.15, -0.1) is 0 Å². The Morgan fingerprint density at radius 1 is 0.921 bits per heavy atom. The maximum Gasteiger partial charge on any atom is 0.407 e. The molecule has 1 N–H and O–H groups in total. The number of esters is 1. The summed E-state index contributed by atoms with van der Waals surface area (Å²) in [6.45, 7) is 1.63. The molecule has 0 aliphatic rings. The number of benzene rings is 3. The highest BCUT2D eigenvalue weighted by atomic mass is 35.5. The number of hydrogen-bond donors (Lipinski definition) is 1. The minimum Gasteiger partial charge on any atom is -0.496 e. The fraction of sp³-hybridized carbons (Fsp3) is 0.222. The van der Waals surface area contributed by atoms with Crippen molar-refractivity contribution < 1.29 is 33.3 Å². The smallest absolute Gasteiger partial charge is 0.407 e. The van der Waals surface area contributed by atoms with Crippen LogP contribution in [0.25, 0.3) is 0 Å². The number of hydrogen-bond acceptors (Lipinski definition) is 7. The summed E-state index contributed by atoms with van der Waals surface area (Å²) in [5, 5.41) is 3.17. The van der Waals surface area contributed by atoms with E-state index in [1.165, 1.54) is 13.2 Å². The molecule has 3 aromatic rings. The van der Waals surface area contributed by atoms with Crippen LogP contribution in [0.5, 0.6) is 17.2 Å². The number of carbonyl (C=O) groups excluding carboxylic acids is 3. The van der Waals surface area contributed by atoms with E-state index < -0.39 is 12.1 Å². The predicted octanol–water partition coefficient (Wildman–Crippen LogP) is 6.51. The molecule has 0 aliphatic heterocycles. The van der Waals surface area contributed by atoms with Crippen LogP contribution in [0.4, 0.5) is 4.79 Å². The Kier molecular flexibility index (Phi) is 10.6. The summed E-state index contributed by atoms with van der Waals surface area (Å²) in [4.78, 5) is 36.1. The lowest BCUT2D eigenvalue weighted by Gasteiger charge is -2.14. The first-order chi connectivity index (χ1) is 18.2. The van der Waals surface area contributed by atoms with Crippen LogP contribution in [0.2, 0.25) is 15.1 Å². The predicted molar refractivity (Wildman–Crippen MR) is 144 cm³/mol. The molecule has 0 spiro atoms. The van der Waals surface area contributed by atoms with E-state index in [0.717, 1.165) is 0 Å². The maximum atomic E-state index is 13.1. The Bertz CT molecular complexity index is 1310. The van der Waals surface area contributed by atoms with E-state index in [1.807, 2.05) is 0 Å². The molecule has 0 heterocycles. The summed E-state index contributed by atoms with van der Waals surface area (Å²) >= 11 is 18.9. The van der Waals surface area contributed by atoms with Gasteiger partial charge in [0.2, 0.25) is 0 Å². The van der Waals surface area contributed by atoms with Crippen molar-refractivity contribution in [3.63, 3.8) is 0 Å². The van der Waals surface area contributed by atoms with Crippen LogP contribution < -0.4 is 14.8 Å². The summed E-state index contributed by atoms with van der Waals surface area (Å²) in [5.74, 6) is 0.0111. The molecular formula is C27H24Cl3NO7. The lowest BCUT2D eigenvalue weighted by molar-refractivity contribution is -0.141. The molecule has 0 atom stereocenters. The highest BCUT2D eigenvalue weighted by Gasteiger charge is 2.18. The molecule has 200 valence electrons. The lowest BCUT2D eigenvalue weighted by Crippen LogP contribution is -2.31. The largest absolute Gasteiger partial charge is 0.496 e. The molecular weight excluding hydrogens is 557 g/mol. The van der Waals surface area contributed by atoms with Crippen LogP contribution in [0, 0.1) is 0 Å². The molecule has 0 saturated heterocycles. The summed E-state index contributed by atoms with van der Waals surface area (Å²) in [6, 6.07) is 14.6. The number of alkyl carbamates (subject to hydrolysis) is 1. The van der Waals surface area contributed by atoms with Crippen molar-refractivity contribution in [2.24, 2.45) is 0 Å². The molecule has 0 unspecified atom stereocenters. The van der Waals surface area contributed by atoms with E-state index >= 15 is 0 Å². The number of amides is 1. The van der Waals surface area contributed by atoms with E-state index in [2.05, 4.69) is 5.32 Å². The normalized spacial score (nSPS) is 10.4. The van der Waals surface area contributed by atoms with Crippen molar-refractivity contribution in [3.05, 3.63) is 86.4 Å². The van der Waals surface area contributed by atoms with Crippen molar-refractivity contribution in [3.8, 4) is 17.2 Å². The van der Waals surface area contributed by atoms with Gasteiger partial charge in [-0.2, -0.15) is 0 Å². The van der Waals surface area contributed by atoms with E-state index in [9.17, 15) is 14.4 Å². The molecule has 0 saturated carbocycles. The molecule has 11 heteroatoms. The fourth-order valence-corrected chi connectivity index (χ4v) is 4.15. The monoisotopic (exact) mass is 579 g/mol. The van der Waals surface area contributed by atoms with Gasteiger partial charge in [-0.05, 0) is 55.0 Å². The molecule has 0 aliphatic carbocycles. The number of methoxy groups -OCH3 is 1. The van der Waals surface area contributed by atoms with Gasteiger partial charge >= 0.3 is 12.1 Å². The third-order valence-electron chi connectivity index (χ3n) is 5.09. The van der Waals surface area contributed by atoms with Crippen molar-refractivity contribution in [2.45, 2.75) is 13.3 Å². The van der Waals surface area contributed by atoms with Gasteiger partial charge in [-0.3, -0.25) is 9.59 Å². The zero-order valence-electron chi connectivity index (χ0n) is 20.5. The Balaban J connectivity index is 1.68. The van der Waals surface area contributed by atoms with Crippen LogP contribution in [-0.2, 0) is 20.7 Å². The van der Waals surface area contributed by atoms with Crippen molar-refractivity contribution in [1.82, 2.24) is 5.32 Å². The van der Waals surface area contributed by atoms with Gasteiger partial charge in [-0.25, -0.2) is 4.79 Å². The van der Waals surface area contributed by atoms with Crippen LogP contribution in [0.3, 0.4) is 0 Å². The minimum absolute atomic E-state index is 0.0228. The second-order valence-electron chi connectivity index (χ2n) is 7.74. The Labute approximate surface area is 234 Å². The van der Waals surface area contributed by atoms with E-state index in [4.69, 9.17) is 53.8 Å². The Hall–Kier alpha value is -3.46. The molecule has 8 nitrogen and oxygen atoms in total. The number of rotatable bonds is 11. The van der Waals surface area contributed by atoms with Gasteiger partial charge in [0, 0.05) is 17.0 Å². The average Bonchev–Trinajstić information content (AvgIpc) is 2.89. The minimum atomic E-state index is -0.752. The van der Waals surface area contributed by atoms with Crippen molar-refractivity contribution >= 4 is 52.6 Å². The van der Waals surface area contributed by atoms with Gasteiger partial charge in [0.1, 0.15) is 18.0 Å². The number of halogens is 3. The first kappa shape index (κ1) is 29.1. The SMILES string of the molecule is CCOC(=O)CNC(=O)OCCc1cc(Cl)c(Oc2ccc(OC)c(C(=O)c3cccc(Cl)c3)c2)c(Cl)c1. The van der Waals surface area contributed by atoms with E-state index in [-0.39, 0.29) is 46.9 Å². The Morgan fingerprint density at radius 2 is 1.66 bits per heavy atom. The van der Waals surface area contributed by atoms with E-state index in [0.29, 0.717) is 34.1 Å². The zero-order chi connectivity index (χ0) is 27.7. The van der Waals surface area contributed by atoms with Gasteiger partial charge in [-0.1, -0.05) is 46.9 Å². The topological polar surface area (TPSA) is 100 Å². The number of ketones is 1. The summed E-state index contributed by atoms with van der Waals surface area (Å²) < 4.78 is 21.1. The molecule has 0 radical (unpaired) electrons. The highest BCUT2D eigenvalue weighted by Crippen LogP contribution is 2.39. The first-order valence-electron chi connectivity index (χ1n) is 11.4. The summed E-state index contributed by atoms with van der Waals surface area (Å²) in [5.41, 5.74) is 1.36. The molecule has 3 aromatic carbocycles. The Morgan fingerprint density at radius 3 is 2.32 bits per heavy atom. The standard InChI is InChI=1S/C27H24Cl3NO7/c1-3-36-24(32)15-31-27(34)37-10-9-16-11-21(29)26(22(30)12-16)38-19-7-8-23(35-2)20(14-19)25(33)17-5-4-6-18(28)13-17/h4-8,11-14H,3,9-10,15H2,1-2H3,(H,31,34). The van der Waals surface area contributed by atoms with Gasteiger partial charge < -0.3 is 24.3 Å². The molecule has 0 bridgehead atoms. The number of carbonyl (C=O) groups is 3.